The van der Waals surface area contributed by atoms with Crippen molar-refractivity contribution in [1.82, 2.24) is 5.32 Å². The van der Waals surface area contributed by atoms with E-state index >= 15 is 0 Å². The first kappa shape index (κ1) is 13.3. The van der Waals surface area contributed by atoms with E-state index in [0.717, 1.165) is 5.56 Å². The van der Waals surface area contributed by atoms with Crippen LogP contribution >= 0.6 is 0 Å². The minimum Gasteiger partial charge on any atom is -0.478 e. The van der Waals surface area contributed by atoms with Crippen LogP contribution in [-0.2, 0) is 6.54 Å². The van der Waals surface area contributed by atoms with E-state index < -0.39 is 5.97 Å². The molecule has 0 saturated heterocycles. The van der Waals surface area contributed by atoms with Gasteiger partial charge in [0.2, 0.25) is 0 Å². The van der Waals surface area contributed by atoms with Gasteiger partial charge < -0.3 is 14.8 Å². The zero-order valence-electron chi connectivity index (χ0n) is 10.4. The normalized spacial score (nSPS) is 12.3. The lowest BCUT2D eigenvalue weighted by Crippen LogP contribution is -2.17. The molecule has 5 heteroatoms. The van der Waals surface area contributed by atoms with E-state index in [9.17, 15) is 9.18 Å². The largest absolute Gasteiger partial charge is 0.478 e. The van der Waals surface area contributed by atoms with Crippen molar-refractivity contribution in [1.29, 1.82) is 0 Å². The lowest BCUT2D eigenvalue weighted by Gasteiger charge is -2.13. The van der Waals surface area contributed by atoms with Crippen LogP contribution in [0.5, 0.6) is 0 Å². The molecule has 0 saturated carbocycles. The molecule has 2 rings (SSSR count). The van der Waals surface area contributed by atoms with Crippen molar-refractivity contribution >= 4 is 5.97 Å². The Morgan fingerprint density at radius 3 is 2.89 bits per heavy atom. The molecule has 1 atom stereocenters. The molecule has 2 N–H and O–H groups in total. The zero-order chi connectivity index (χ0) is 13.8. The highest BCUT2D eigenvalue weighted by Crippen LogP contribution is 2.15. The fourth-order valence-electron chi connectivity index (χ4n) is 1.73. The van der Waals surface area contributed by atoms with E-state index in [1.807, 2.05) is 13.0 Å². The molecule has 0 aliphatic rings. The fourth-order valence-corrected chi connectivity index (χ4v) is 1.73. The van der Waals surface area contributed by atoms with E-state index in [4.69, 9.17) is 9.52 Å². The maximum absolute atomic E-state index is 13.1. The maximum atomic E-state index is 13.1. The average Bonchev–Trinajstić information content (AvgIpc) is 2.85. The van der Waals surface area contributed by atoms with E-state index in [0.29, 0.717) is 12.3 Å². The Hall–Kier alpha value is -2.14. The van der Waals surface area contributed by atoms with Gasteiger partial charge in [0.25, 0.3) is 0 Å². The molecule has 1 aromatic carbocycles. The van der Waals surface area contributed by atoms with Crippen LogP contribution in [0.15, 0.2) is 41.0 Å². The summed E-state index contributed by atoms with van der Waals surface area (Å²) in [5, 5.41) is 11.9. The Bertz CT molecular complexity index is 580. The highest BCUT2D eigenvalue weighted by atomic mass is 19.1. The minimum atomic E-state index is -1.02. The van der Waals surface area contributed by atoms with Crippen LogP contribution in [-0.4, -0.2) is 11.1 Å². The van der Waals surface area contributed by atoms with Gasteiger partial charge in [-0.15, -0.1) is 0 Å². The van der Waals surface area contributed by atoms with Crippen LogP contribution in [0.1, 0.15) is 34.6 Å². The molecule has 0 aliphatic heterocycles. The number of carboxylic acids is 1. The summed E-state index contributed by atoms with van der Waals surface area (Å²) in [5.74, 6) is -0.772. The van der Waals surface area contributed by atoms with Gasteiger partial charge >= 0.3 is 5.97 Å². The molecule has 2 aromatic rings. The predicted octanol–water partition coefficient (Wildman–Crippen LogP) is 2.97. The van der Waals surface area contributed by atoms with Crippen LogP contribution in [0.4, 0.5) is 4.39 Å². The van der Waals surface area contributed by atoms with E-state index in [-0.39, 0.29) is 17.4 Å². The Balaban J connectivity index is 1.96. The molecular weight excluding hydrogens is 249 g/mol. The average molecular weight is 263 g/mol. The standard InChI is InChI=1S/C14H14FNO3/c1-9(10-3-2-4-12(15)5-10)16-7-13-6-11(8-19-13)14(17)18/h2-6,8-9,16H,7H2,1H3,(H,17,18)/t9-/m1/s1. The van der Waals surface area contributed by atoms with Gasteiger partial charge in [0.1, 0.15) is 17.8 Å². The van der Waals surface area contributed by atoms with Gasteiger partial charge in [0, 0.05) is 6.04 Å². The number of nitrogens with one attached hydrogen (secondary N) is 1. The second-order valence-corrected chi connectivity index (χ2v) is 4.26. The molecule has 1 heterocycles. The first-order valence-electron chi connectivity index (χ1n) is 5.86. The summed E-state index contributed by atoms with van der Waals surface area (Å²) >= 11 is 0. The third kappa shape index (κ3) is 3.42. The molecule has 0 aliphatic carbocycles. The summed E-state index contributed by atoms with van der Waals surface area (Å²) in [5.41, 5.74) is 0.945. The van der Waals surface area contributed by atoms with E-state index in [2.05, 4.69) is 5.32 Å². The topological polar surface area (TPSA) is 62.5 Å². The highest BCUT2D eigenvalue weighted by molar-refractivity contribution is 5.87. The summed E-state index contributed by atoms with van der Waals surface area (Å²) in [4.78, 5) is 10.7. The van der Waals surface area contributed by atoms with Crippen LogP contribution in [0.25, 0.3) is 0 Å². The number of carboxylic acid groups (broad SMARTS) is 1. The van der Waals surface area contributed by atoms with Gasteiger partial charge in [0.05, 0.1) is 12.1 Å². The van der Waals surface area contributed by atoms with Crippen LogP contribution < -0.4 is 5.32 Å². The Kier molecular flexibility index (Phi) is 3.97. The molecule has 0 radical (unpaired) electrons. The van der Waals surface area contributed by atoms with Crippen molar-refractivity contribution in [3.8, 4) is 0 Å². The van der Waals surface area contributed by atoms with Crippen molar-refractivity contribution in [2.24, 2.45) is 0 Å². The van der Waals surface area contributed by atoms with Gasteiger partial charge in [-0.3, -0.25) is 0 Å². The third-order valence-corrected chi connectivity index (χ3v) is 2.83. The molecule has 100 valence electrons. The summed E-state index contributed by atoms with van der Waals surface area (Å²) in [6.45, 7) is 2.28. The van der Waals surface area contributed by atoms with E-state index in [1.54, 1.807) is 6.07 Å². The Labute approximate surface area is 109 Å². The number of carbonyl (C=O) groups is 1. The predicted molar refractivity (Wildman–Crippen MR) is 67.3 cm³/mol. The second kappa shape index (κ2) is 5.67. The number of halogens is 1. The first-order valence-corrected chi connectivity index (χ1v) is 5.86. The van der Waals surface area contributed by atoms with E-state index in [1.165, 1.54) is 24.5 Å². The zero-order valence-corrected chi connectivity index (χ0v) is 10.4. The molecule has 0 spiro atoms. The van der Waals surface area contributed by atoms with Crippen molar-refractivity contribution in [3.63, 3.8) is 0 Å². The van der Waals surface area contributed by atoms with Crippen LogP contribution in [0, 0.1) is 5.82 Å². The molecule has 4 nitrogen and oxygen atoms in total. The number of furan rings is 1. The smallest absolute Gasteiger partial charge is 0.338 e. The van der Waals surface area contributed by atoms with Crippen molar-refractivity contribution in [2.75, 3.05) is 0 Å². The minimum absolute atomic E-state index is 0.0610. The molecule has 0 bridgehead atoms. The summed E-state index contributed by atoms with van der Waals surface area (Å²) in [6, 6.07) is 7.73. The van der Waals surface area contributed by atoms with Crippen LogP contribution in [0.2, 0.25) is 0 Å². The maximum Gasteiger partial charge on any atom is 0.338 e. The van der Waals surface area contributed by atoms with Crippen molar-refractivity contribution < 1.29 is 18.7 Å². The SMILES string of the molecule is C[C@@H](NCc1cc(C(=O)O)co1)c1cccc(F)c1. The Morgan fingerprint density at radius 1 is 1.47 bits per heavy atom. The summed E-state index contributed by atoms with van der Waals surface area (Å²) in [6.07, 6.45) is 1.20. The molecule has 19 heavy (non-hydrogen) atoms. The fraction of sp³-hybridized carbons (Fsp3) is 0.214. The van der Waals surface area contributed by atoms with Gasteiger partial charge in [-0.25, -0.2) is 9.18 Å². The highest BCUT2D eigenvalue weighted by Gasteiger charge is 2.10. The molecule has 0 amide bonds. The monoisotopic (exact) mass is 263 g/mol. The third-order valence-electron chi connectivity index (χ3n) is 2.83. The number of rotatable bonds is 5. The van der Waals surface area contributed by atoms with Gasteiger partial charge in [0.15, 0.2) is 0 Å². The Morgan fingerprint density at radius 2 is 2.26 bits per heavy atom. The van der Waals surface area contributed by atoms with Gasteiger partial charge in [-0.2, -0.15) is 0 Å². The van der Waals surface area contributed by atoms with Crippen molar-refractivity contribution in [2.45, 2.75) is 19.5 Å². The first-order chi connectivity index (χ1) is 9.06. The lowest BCUT2D eigenvalue weighted by atomic mass is 10.1. The molecule has 1 aromatic heterocycles. The number of aromatic carboxylic acids is 1. The molecule has 0 unspecified atom stereocenters. The van der Waals surface area contributed by atoms with Crippen LogP contribution in [0.3, 0.4) is 0 Å². The van der Waals surface area contributed by atoms with Crippen molar-refractivity contribution in [3.05, 3.63) is 59.3 Å². The quantitative estimate of drug-likeness (QED) is 0.870. The number of hydrogen-bond donors (Lipinski definition) is 2. The lowest BCUT2D eigenvalue weighted by molar-refractivity contribution is 0.0696. The molecular formula is C14H14FNO3. The number of benzene rings is 1. The molecule has 0 fully saturated rings. The summed E-state index contributed by atoms with van der Waals surface area (Å²) in [7, 11) is 0. The van der Waals surface area contributed by atoms with Gasteiger partial charge in [-0.05, 0) is 30.7 Å². The van der Waals surface area contributed by atoms with Gasteiger partial charge in [-0.1, -0.05) is 12.1 Å². The summed E-state index contributed by atoms with van der Waals surface area (Å²) < 4.78 is 18.2. The second-order valence-electron chi connectivity index (χ2n) is 4.26. The number of hydrogen-bond acceptors (Lipinski definition) is 3.